The molecule has 1 atom stereocenters. The van der Waals surface area contributed by atoms with E-state index in [2.05, 4.69) is 5.32 Å². The monoisotopic (exact) mass is 263 g/mol. The van der Waals surface area contributed by atoms with Crippen LogP contribution in [0.3, 0.4) is 0 Å². The van der Waals surface area contributed by atoms with E-state index in [1.54, 1.807) is 0 Å². The third kappa shape index (κ3) is 4.51. The highest BCUT2D eigenvalue weighted by molar-refractivity contribution is 5.28. The zero-order chi connectivity index (χ0) is 13.7. The lowest BCUT2D eigenvalue weighted by Gasteiger charge is -2.17. The summed E-state index contributed by atoms with van der Waals surface area (Å²) in [6.07, 6.45) is 4.86. The second-order valence-corrected chi connectivity index (χ2v) is 5.64. The van der Waals surface area contributed by atoms with Crippen LogP contribution in [0.1, 0.15) is 51.2 Å². The van der Waals surface area contributed by atoms with Crippen LogP contribution < -0.4 is 10.1 Å². The van der Waals surface area contributed by atoms with Crippen molar-refractivity contribution in [1.82, 2.24) is 5.32 Å². The second kappa shape index (κ2) is 6.92. The van der Waals surface area contributed by atoms with E-state index in [0.717, 1.165) is 11.3 Å². The first-order valence-electron chi connectivity index (χ1n) is 7.33. The minimum atomic E-state index is -0.436. The number of nitrogens with one attached hydrogen (secondary N) is 1. The molecule has 1 aliphatic carbocycles. The summed E-state index contributed by atoms with van der Waals surface area (Å²) in [7, 11) is 0. The second-order valence-electron chi connectivity index (χ2n) is 5.64. The summed E-state index contributed by atoms with van der Waals surface area (Å²) in [6.45, 7) is 4.65. The lowest BCUT2D eigenvalue weighted by Crippen LogP contribution is -2.30. The first-order valence-corrected chi connectivity index (χ1v) is 7.33. The predicted molar refractivity (Wildman–Crippen MR) is 77.4 cm³/mol. The number of hydrogen-bond donors (Lipinski definition) is 2. The summed E-state index contributed by atoms with van der Waals surface area (Å²) in [5.74, 6) is 0.856. The normalized spacial score (nSPS) is 17.9. The zero-order valence-electron chi connectivity index (χ0n) is 11.9. The maximum absolute atomic E-state index is 10.2. The first kappa shape index (κ1) is 14.4. The predicted octanol–water partition coefficient (Wildman–Crippen LogP) is 3.04. The number of ether oxygens (including phenoxy) is 1. The molecule has 1 unspecified atom stereocenters. The van der Waals surface area contributed by atoms with Crippen LogP contribution in [-0.2, 0) is 0 Å². The van der Waals surface area contributed by atoms with Crippen LogP contribution >= 0.6 is 0 Å². The number of aliphatic hydroxyl groups excluding tert-OH is 1. The molecular weight excluding hydrogens is 238 g/mol. The molecule has 1 fully saturated rings. The molecule has 1 aromatic carbocycles. The molecule has 2 N–H and O–H groups in total. The van der Waals surface area contributed by atoms with E-state index in [-0.39, 0.29) is 6.10 Å². The molecule has 0 bridgehead atoms. The fourth-order valence-electron chi connectivity index (χ4n) is 2.57. The van der Waals surface area contributed by atoms with E-state index in [4.69, 9.17) is 4.74 Å². The summed E-state index contributed by atoms with van der Waals surface area (Å²) in [4.78, 5) is 0. The Hall–Kier alpha value is -1.06. The number of aliphatic hydroxyl groups is 1. The molecule has 106 valence electrons. The minimum absolute atomic E-state index is 0.180. The Morgan fingerprint density at radius 3 is 2.42 bits per heavy atom. The van der Waals surface area contributed by atoms with Crippen molar-refractivity contribution in [3.63, 3.8) is 0 Å². The smallest absolute Gasteiger partial charge is 0.119 e. The van der Waals surface area contributed by atoms with Gasteiger partial charge in [-0.2, -0.15) is 0 Å². The van der Waals surface area contributed by atoms with Gasteiger partial charge in [-0.25, -0.2) is 0 Å². The fourth-order valence-corrected chi connectivity index (χ4v) is 2.57. The van der Waals surface area contributed by atoms with Gasteiger partial charge >= 0.3 is 0 Å². The van der Waals surface area contributed by atoms with E-state index in [1.165, 1.54) is 25.7 Å². The summed E-state index contributed by atoms with van der Waals surface area (Å²) in [6, 6.07) is 8.33. The molecule has 0 heterocycles. The van der Waals surface area contributed by atoms with Gasteiger partial charge in [0.1, 0.15) is 5.75 Å². The van der Waals surface area contributed by atoms with Crippen LogP contribution in [0.15, 0.2) is 24.3 Å². The van der Waals surface area contributed by atoms with E-state index >= 15 is 0 Å². The van der Waals surface area contributed by atoms with Crippen molar-refractivity contribution in [2.24, 2.45) is 0 Å². The average molecular weight is 263 g/mol. The standard InChI is InChI=1S/C16H25NO2/c1-12(2)19-15-9-7-13(8-10-15)16(18)11-17-14-5-3-4-6-14/h7-10,12,14,16-18H,3-6,11H2,1-2H3. The molecule has 1 aromatic rings. The topological polar surface area (TPSA) is 41.5 Å². The van der Waals surface area contributed by atoms with Crippen molar-refractivity contribution in [3.8, 4) is 5.75 Å². The Labute approximate surface area is 116 Å². The van der Waals surface area contributed by atoms with Crippen LogP contribution in [0, 0.1) is 0 Å². The Morgan fingerprint density at radius 1 is 1.21 bits per heavy atom. The Morgan fingerprint density at radius 2 is 1.84 bits per heavy atom. The van der Waals surface area contributed by atoms with Gasteiger partial charge in [-0.1, -0.05) is 25.0 Å². The van der Waals surface area contributed by atoms with Crippen molar-refractivity contribution < 1.29 is 9.84 Å². The fraction of sp³-hybridized carbons (Fsp3) is 0.625. The lowest BCUT2D eigenvalue weighted by atomic mass is 10.1. The summed E-state index contributed by atoms with van der Waals surface area (Å²) in [5.41, 5.74) is 0.946. The average Bonchev–Trinajstić information content (AvgIpc) is 2.89. The molecule has 0 aromatic heterocycles. The summed E-state index contributed by atoms with van der Waals surface area (Å²) in [5, 5.41) is 13.6. The third-order valence-corrected chi connectivity index (χ3v) is 3.59. The van der Waals surface area contributed by atoms with Crippen LogP contribution in [0.25, 0.3) is 0 Å². The largest absolute Gasteiger partial charge is 0.491 e. The van der Waals surface area contributed by atoms with E-state index < -0.39 is 6.10 Å². The van der Waals surface area contributed by atoms with Crippen molar-refractivity contribution in [3.05, 3.63) is 29.8 Å². The molecule has 19 heavy (non-hydrogen) atoms. The van der Waals surface area contributed by atoms with Crippen LogP contribution in [0.5, 0.6) is 5.75 Å². The molecule has 0 radical (unpaired) electrons. The molecule has 0 spiro atoms. The maximum Gasteiger partial charge on any atom is 0.119 e. The lowest BCUT2D eigenvalue weighted by molar-refractivity contribution is 0.169. The molecule has 3 heteroatoms. The molecule has 1 saturated carbocycles. The highest BCUT2D eigenvalue weighted by Gasteiger charge is 2.16. The molecule has 3 nitrogen and oxygen atoms in total. The van der Waals surface area contributed by atoms with Crippen molar-refractivity contribution >= 4 is 0 Å². The number of benzene rings is 1. The van der Waals surface area contributed by atoms with Crippen molar-refractivity contribution in [2.75, 3.05) is 6.54 Å². The van der Waals surface area contributed by atoms with Gasteiger partial charge in [-0.05, 0) is 44.4 Å². The molecule has 2 rings (SSSR count). The van der Waals surface area contributed by atoms with Gasteiger partial charge in [0.25, 0.3) is 0 Å². The van der Waals surface area contributed by atoms with Crippen LogP contribution in [-0.4, -0.2) is 23.8 Å². The van der Waals surface area contributed by atoms with Gasteiger partial charge in [0.2, 0.25) is 0 Å². The highest BCUT2D eigenvalue weighted by Crippen LogP contribution is 2.21. The summed E-state index contributed by atoms with van der Waals surface area (Å²) < 4.78 is 5.59. The highest BCUT2D eigenvalue weighted by atomic mass is 16.5. The maximum atomic E-state index is 10.2. The quantitative estimate of drug-likeness (QED) is 0.829. The number of hydrogen-bond acceptors (Lipinski definition) is 3. The van der Waals surface area contributed by atoms with E-state index in [0.29, 0.717) is 12.6 Å². The van der Waals surface area contributed by atoms with E-state index in [1.807, 2.05) is 38.1 Å². The Bertz CT molecular complexity index is 369. The van der Waals surface area contributed by atoms with Gasteiger partial charge in [0.05, 0.1) is 12.2 Å². The molecule has 0 saturated heterocycles. The molecule has 0 amide bonds. The van der Waals surface area contributed by atoms with Gasteiger partial charge < -0.3 is 15.2 Å². The molecular formula is C16H25NO2. The van der Waals surface area contributed by atoms with Gasteiger partial charge in [-0.15, -0.1) is 0 Å². The minimum Gasteiger partial charge on any atom is -0.491 e. The molecule has 1 aliphatic rings. The Balaban J connectivity index is 1.82. The first-order chi connectivity index (χ1) is 9.15. The van der Waals surface area contributed by atoms with Crippen LogP contribution in [0.2, 0.25) is 0 Å². The van der Waals surface area contributed by atoms with Crippen molar-refractivity contribution in [2.45, 2.75) is 57.8 Å². The number of rotatable bonds is 6. The zero-order valence-corrected chi connectivity index (χ0v) is 11.9. The van der Waals surface area contributed by atoms with Gasteiger partial charge in [0, 0.05) is 12.6 Å². The van der Waals surface area contributed by atoms with Gasteiger partial charge in [-0.3, -0.25) is 0 Å². The SMILES string of the molecule is CC(C)Oc1ccc(C(O)CNC2CCCC2)cc1. The Kier molecular flexibility index (Phi) is 5.23. The van der Waals surface area contributed by atoms with Crippen molar-refractivity contribution in [1.29, 1.82) is 0 Å². The van der Waals surface area contributed by atoms with Gasteiger partial charge in [0.15, 0.2) is 0 Å². The third-order valence-electron chi connectivity index (χ3n) is 3.59. The molecule has 0 aliphatic heterocycles. The summed E-state index contributed by atoms with van der Waals surface area (Å²) >= 11 is 0. The van der Waals surface area contributed by atoms with E-state index in [9.17, 15) is 5.11 Å². The van der Waals surface area contributed by atoms with Crippen LogP contribution in [0.4, 0.5) is 0 Å².